The molecule has 1 aliphatic carbocycles. The molecule has 2 heteroatoms. The van der Waals surface area contributed by atoms with Crippen molar-refractivity contribution in [3.05, 3.63) is 66.0 Å². The molecule has 28 heavy (non-hydrogen) atoms. The van der Waals surface area contributed by atoms with Gasteiger partial charge in [-0.2, -0.15) is 0 Å². The molecule has 154 valence electrons. The van der Waals surface area contributed by atoms with Crippen molar-refractivity contribution in [1.82, 2.24) is 4.98 Å². The first-order valence-electron chi connectivity index (χ1n) is 11.4. The monoisotopic (exact) mass is 381 g/mol. The molecule has 0 bridgehead atoms. The highest BCUT2D eigenvalue weighted by Crippen LogP contribution is 2.50. The van der Waals surface area contributed by atoms with E-state index in [1.807, 2.05) is 26.1 Å². The Morgan fingerprint density at radius 2 is 1.68 bits per heavy atom. The molecule has 0 radical (unpaired) electrons. The summed E-state index contributed by atoms with van der Waals surface area (Å²) in [6, 6.07) is 17.3. The Labute approximate surface area is 173 Å². The topological polar surface area (TPSA) is 22.1 Å². The van der Waals surface area contributed by atoms with E-state index in [-0.39, 0.29) is 12.4 Å². The molecule has 2 nitrogen and oxygen atoms in total. The van der Waals surface area contributed by atoms with Crippen molar-refractivity contribution in [2.45, 2.75) is 89.1 Å². The molecule has 0 unspecified atom stereocenters. The van der Waals surface area contributed by atoms with E-state index in [4.69, 9.17) is 9.72 Å². The lowest BCUT2D eigenvalue weighted by Crippen LogP contribution is -2.46. The van der Waals surface area contributed by atoms with Crippen LogP contribution in [0, 0.1) is 0 Å². The summed E-state index contributed by atoms with van der Waals surface area (Å²) in [6.07, 6.45) is 14.3. The average Bonchev–Trinajstić information content (AvgIpc) is 3.21. The van der Waals surface area contributed by atoms with Gasteiger partial charge in [-0.25, -0.2) is 0 Å². The fourth-order valence-electron chi connectivity index (χ4n) is 5.23. The summed E-state index contributed by atoms with van der Waals surface area (Å²) < 4.78 is 6.35. The van der Waals surface area contributed by atoms with Crippen LogP contribution in [0.2, 0.25) is 0 Å². The standard InChI is InChI=1S/C24H31NO.C2H6.H2/c1-2-10-21(11-3-1)12-4-6-14-23(22-13-5-9-18-25-22)17-19-26-24(20-23)15-7-8-16-24;1-2;/h1-3,5,9-11,13,18H,4,6-8,12,14-17,19-20H2;1-2H3;1H/t23-;;/m1../s1. The van der Waals surface area contributed by atoms with Gasteiger partial charge in [0.2, 0.25) is 0 Å². The zero-order valence-electron chi connectivity index (χ0n) is 17.8. The first-order chi connectivity index (χ1) is 13.8. The van der Waals surface area contributed by atoms with Crippen LogP contribution in [0.1, 0.15) is 84.3 Å². The lowest BCUT2D eigenvalue weighted by atomic mass is 9.67. The van der Waals surface area contributed by atoms with Crippen molar-refractivity contribution in [1.29, 1.82) is 0 Å². The fraction of sp³-hybridized carbons (Fsp3) is 0.577. The minimum Gasteiger partial charge on any atom is -0.375 e. The van der Waals surface area contributed by atoms with Crippen LogP contribution in [0.4, 0.5) is 0 Å². The van der Waals surface area contributed by atoms with Gasteiger partial charge in [0.25, 0.3) is 0 Å². The Kier molecular flexibility index (Phi) is 7.67. The van der Waals surface area contributed by atoms with Gasteiger partial charge in [0.05, 0.1) is 5.60 Å². The minimum absolute atomic E-state index is 0. The van der Waals surface area contributed by atoms with Crippen LogP contribution in [0.15, 0.2) is 54.7 Å². The van der Waals surface area contributed by atoms with Gasteiger partial charge < -0.3 is 4.74 Å². The first-order valence-corrected chi connectivity index (χ1v) is 11.4. The summed E-state index contributed by atoms with van der Waals surface area (Å²) in [5.74, 6) is 0. The predicted octanol–water partition coefficient (Wildman–Crippen LogP) is 7.13. The Balaban J connectivity index is 0.000000970. The van der Waals surface area contributed by atoms with E-state index in [1.54, 1.807) is 0 Å². The van der Waals surface area contributed by atoms with Gasteiger partial charge in [-0.3, -0.25) is 4.98 Å². The van der Waals surface area contributed by atoms with Gasteiger partial charge in [0, 0.05) is 25.3 Å². The molecule has 2 aliphatic rings. The van der Waals surface area contributed by atoms with Gasteiger partial charge in [0.1, 0.15) is 0 Å². The first kappa shape index (κ1) is 21.0. The normalized spacial score (nSPS) is 23.2. The predicted molar refractivity (Wildman–Crippen MR) is 120 cm³/mol. The van der Waals surface area contributed by atoms with Crippen LogP contribution in [0.25, 0.3) is 0 Å². The Morgan fingerprint density at radius 3 is 2.39 bits per heavy atom. The maximum Gasteiger partial charge on any atom is 0.0691 e. The maximum atomic E-state index is 6.35. The molecular weight excluding hydrogens is 342 g/mol. The van der Waals surface area contributed by atoms with Crippen LogP contribution >= 0.6 is 0 Å². The van der Waals surface area contributed by atoms with Crippen molar-refractivity contribution >= 4 is 0 Å². The largest absolute Gasteiger partial charge is 0.375 e. The second-order valence-electron chi connectivity index (χ2n) is 8.35. The molecule has 1 saturated carbocycles. The molecule has 2 aromatic rings. The van der Waals surface area contributed by atoms with Crippen molar-refractivity contribution in [3.63, 3.8) is 0 Å². The molecule has 1 aromatic carbocycles. The summed E-state index contributed by atoms with van der Waals surface area (Å²) >= 11 is 0. The third-order valence-electron chi connectivity index (χ3n) is 6.59. The lowest BCUT2D eigenvalue weighted by molar-refractivity contribution is -0.104. The van der Waals surface area contributed by atoms with Crippen molar-refractivity contribution in [2.24, 2.45) is 0 Å². The summed E-state index contributed by atoms with van der Waals surface area (Å²) in [5, 5.41) is 0. The van der Waals surface area contributed by atoms with Crippen molar-refractivity contribution in [2.75, 3.05) is 6.61 Å². The molecule has 2 fully saturated rings. The van der Waals surface area contributed by atoms with E-state index in [0.29, 0.717) is 0 Å². The molecule has 0 N–H and O–H groups in total. The van der Waals surface area contributed by atoms with Crippen LogP contribution in [-0.2, 0) is 16.6 Å². The third kappa shape index (κ3) is 5.03. The summed E-state index contributed by atoms with van der Waals surface area (Å²) in [5.41, 5.74) is 3.10. The molecule has 4 rings (SSSR count). The number of aromatic nitrogens is 1. The summed E-state index contributed by atoms with van der Waals surface area (Å²) in [4.78, 5) is 4.81. The van der Waals surface area contributed by atoms with Crippen molar-refractivity contribution in [3.8, 4) is 0 Å². The van der Waals surface area contributed by atoms with Crippen molar-refractivity contribution < 1.29 is 6.16 Å². The molecular formula is C26H39NO. The van der Waals surface area contributed by atoms with Gasteiger partial charge >= 0.3 is 0 Å². The molecule has 0 amide bonds. The number of rotatable bonds is 6. The fourth-order valence-corrected chi connectivity index (χ4v) is 5.23. The van der Waals surface area contributed by atoms with E-state index in [2.05, 4.69) is 42.5 Å². The van der Waals surface area contributed by atoms with Crippen LogP contribution < -0.4 is 0 Å². The lowest BCUT2D eigenvalue weighted by Gasteiger charge is -2.46. The highest BCUT2D eigenvalue weighted by Gasteiger charge is 2.48. The number of unbranched alkanes of at least 4 members (excludes halogenated alkanes) is 1. The van der Waals surface area contributed by atoms with Crippen LogP contribution in [0.5, 0.6) is 0 Å². The van der Waals surface area contributed by atoms with E-state index in [9.17, 15) is 0 Å². The number of hydrogen-bond donors (Lipinski definition) is 0. The number of nitrogens with zero attached hydrogens (tertiary/aromatic N) is 1. The molecule has 1 spiro atoms. The third-order valence-corrected chi connectivity index (χ3v) is 6.59. The van der Waals surface area contributed by atoms with Crippen LogP contribution in [-0.4, -0.2) is 17.2 Å². The molecule has 2 heterocycles. The highest BCUT2D eigenvalue weighted by molar-refractivity contribution is 5.21. The van der Waals surface area contributed by atoms with E-state index < -0.39 is 0 Å². The van der Waals surface area contributed by atoms with E-state index >= 15 is 0 Å². The Hall–Kier alpha value is -1.67. The maximum absolute atomic E-state index is 6.35. The average molecular weight is 382 g/mol. The minimum atomic E-state index is 0. The number of pyridine rings is 1. The SMILES string of the molecule is CC.[HH].c1ccc(CCCC[C@@]2(c3ccccn3)CCOC3(CCCC3)C2)cc1. The van der Waals surface area contributed by atoms with Gasteiger partial charge in [-0.05, 0) is 62.6 Å². The molecule has 1 atom stereocenters. The summed E-state index contributed by atoms with van der Waals surface area (Å²) in [6.45, 7) is 4.90. The molecule has 1 aliphatic heterocycles. The zero-order chi connectivity index (χ0) is 19.7. The number of aryl methyl sites for hydroxylation is 1. The zero-order valence-corrected chi connectivity index (χ0v) is 17.8. The number of ether oxygens (including phenoxy) is 1. The van der Waals surface area contributed by atoms with Gasteiger partial charge in [0.15, 0.2) is 0 Å². The van der Waals surface area contributed by atoms with E-state index in [0.717, 1.165) is 13.0 Å². The van der Waals surface area contributed by atoms with Gasteiger partial charge in [-0.1, -0.05) is 69.5 Å². The Bertz CT molecular complexity index is 684. The quantitative estimate of drug-likeness (QED) is 0.497. The Morgan fingerprint density at radius 1 is 0.929 bits per heavy atom. The van der Waals surface area contributed by atoms with Gasteiger partial charge in [-0.15, -0.1) is 0 Å². The molecule has 1 saturated heterocycles. The van der Waals surface area contributed by atoms with Crippen LogP contribution in [0.3, 0.4) is 0 Å². The summed E-state index contributed by atoms with van der Waals surface area (Å²) in [7, 11) is 0. The number of hydrogen-bond acceptors (Lipinski definition) is 2. The molecule has 1 aromatic heterocycles. The van der Waals surface area contributed by atoms with E-state index in [1.165, 1.54) is 69.0 Å². The second kappa shape index (κ2) is 10.2. The number of benzene rings is 1. The smallest absolute Gasteiger partial charge is 0.0691 e. The highest BCUT2D eigenvalue weighted by atomic mass is 16.5. The second-order valence-corrected chi connectivity index (χ2v) is 8.35.